The van der Waals surface area contributed by atoms with E-state index in [0.29, 0.717) is 23.2 Å². The second kappa shape index (κ2) is 7.39. The van der Waals surface area contributed by atoms with Crippen molar-refractivity contribution in [2.24, 2.45) is 0 Å². The Morgan fingerprint density at radius 1 is 1.33 bits per heavy atom. The highest BCUT2D eigenvalue weighted by Crippen LogP contribution is 2.34. The van der Waals surface area contributed by atoms with Gasteiger partial charge in [0.25, 0.3) is 0 Å². The van der Waals surface area contributed by atoms with Gasteiger partial charge in [0.2, 0.25) is 0 Å². The van der Waals surface area contributed by atoms with E-state index in [4.69, 9.17) is 16.3 Å². The van der Waals surface area contributed by atoms with Gasteiger partial charge < -0.3 is 9.30 Å². The molecule has 24 heavy (non-hydrogen) atoms. The number of carbonyl (C=O) groups is 1. The quantitative estimate of drug-likeness (QED) is 0.727. The zero-order valence-electron chi connectivity index (χ0n) is 14.2. The minimum atomic E-state index is -0.368. The Labute approximate surface area is 147 Å². The molecule has 1 aliphatic rings. The smallest absolute Gasteiger partial charge is 0.358 e. The summed E-state index contributed by atoms with van der Waals surface area (Å²) < 4.78 is 7.16. The molecular weight excluding hydrogens is 324 g/mol. The molecule has 0 saturated heterocycles. The third-order valence-electron chi connectivity index (χ3n) is 4.62. The third kappa shape index (κ3) is 3.48. The molecule has 1 saturated carbocycles. The first-order chi connectivity index (χ1) is 11.6. The molecular formula is C19H23ClN2O2. The molecule has 0 radical (unpaired) electrons. The summed E-state index contributed by atoms with van der Waals surface area (Å²) in [5.74, 6) is 0.955. The number of ether oxygens (including phenoxy) is 1. The van der Waals surface area contributed by atoms with E-state index in [1.165, 1.54) is 19.3 Å². The van der Waals surface area contributed by atoms with Crippen LogP contribution in [0.1, 0.15) is 66.8 Å². The number of hydrogen-bond donors (Lipinski definition) is 0. The molecule has 0 N–H and O–H groups in total. The number of halogens is 1. The number of imidazole rings is 1. The van der Waals surface area contributed by atoms with Crippen molar-refractivity contribution in [3.8, 4) is 5.69 Å². The largest absolute Gasteiger partial charge is 0.461 e. The summed E-state index contributed by atoms with van der Waals surface area (Å²) in [5, 5.41) is 0.677. The van der Waals surface area contributed by atoms with Gasteiger partial charge in [-0.3, -0.25) is 0 Å². The molecule has 0 atom stereocenters. The molecule has 1 aromatic carbocycles. The number of esters is 1. The SMILES string of the molecule is CCOC(=O)c1cn(-c2cc(Cl)ccc2C)c(C2CCCCC2)n1. The molecule has 1 fully saturated rings. The lowest BCUT2D eigenvalue weighted by Crippen LogP contribution is -2.11. The number of benzene rings is 1. The van der Waals surface area contributed by atoms with Gasteiger partial charge in [-0.15, -0.1) is 0 Å². The van der Waals surface area contributed by atoms with Gasteiger partial charge in [0.05, 0.1) is 12.3 Å². The lowest BCUT2D eigenvalue weighted by molar-refractivity contribution is 0.0520. The summed E-state index contributed by atoms with van der Waals surface area (Å²) in [6, 6.07) is 5.80. The minimum Gasteiger partial charge on any atom is -0.461 e. The topological polar surface area (TPSA) is 44.1 Å². The fourth-order valence-electron chi connectivity index (χ4n) is 3.38. The number of carbonyl (C=O) groups excluding carboxylic acids is 1. The predicted molar refractivity (Wildman–Crippen MR) is 95.1 cm³/mol. The molecule has 0 unspecified atom stereocenters. The molecule has 5 heteroatoms. The van der Waals surface area contributed by atoms with Crippen molar-refractivity contribution in [1.82, 2.24) is 9.55 Å². The molecule has 0 aliphatic heterocycles. The normalized spacial score (nSPS) is 15.5. The number of rotatable bonds is 4. The molecule has 1 aromatic heterocycles. The summed E-state index contributed by atoms with van der Waals surface area (Å²) in [7, 11) is 0. The highest BCUT2D eigenvalue weighted by Gasteiger charge is 2.25. The van der Waals surface area contributed by atoms with Crippen LogP contribution in [0.15, 0.2) is 24.4 Å². The fraction of sp³-hybridized carbons (Fsp3) is 0.474. The van der Waals surface area contributed by atoms with E-state index in [0.717, 1.165) is 29.9 Å². The molecule has 4 nitrogen and oxygen atoms in total. The maximum atomic E-state index is 12.2. The number of hydrogen-bond acceptors (Lipinski definition) is 3. The first-order valence-corrected chi connectivity index (χ1v) is 9.01. The van der Waals surface area contributed by atoms with Crippen molar-refractivity contribution in [2.75, 3.05) is 6.61 Å². The van der Waals surface area contributed by atoms with Crippen LogP contribution < -0.4 is 0 Å². The lowest BCUT2D eigenvalue weighted by atomic mass is 9.88. The van der Waals surface area contributed by atoms with Crippen LogP contribution >= 0.6 is 11.6 Å². The highest BCUT2D eigenvalue weighted by atomic mass is 35.5. The van der Waals surface area contributed by atoms with Crippen LogP contribution in [0.5, 0.6) is 0 Å². The predicted octanol–water partition coefficient (Wildman–Crippen LogP) is 5.06. The van der Waals surface area contributed by atoms with Crippen molar-refractivity contribution in [3.05, 3.63) is 46.5 Å². The molecule has 0 bridgehead atoms. The summed E-state index contributed by atoms with van der Waals surface area (Å²) >= 11 is 6.20. The fourth-order valence-corrected chi connectivity index (χ4v) is 3.55. The van der Waals surface area contributed by atoms with E-state index in [1.807, 2.05) is 29.7 Å². The highest BCUT2D eigenvalue weighted by molar-refractivity contribution is 6.30. The number of aryl methyl sites for hydroxylation is 1. The summed E-state index contributed by atoms with van der Waals surface area (Å²) in [5.41, 5.74) is 2.45. The zero-order chi connectivity index (χ0) is 17.1. The van der Waals surface area contributed by atoms with Crippen LogP contribution in [-0.2, 0) is 4.74 Å². The Hall–Kier alpha value is -1.81. The maximum Gasteiger partial charge on any atom is 0.358 e. The Balaban J connectivity index is 2.08. The van der Waals surface area contributed by atoms with Crippen LogP contribution in [-0.4, -0.2) is 22.1 Å². The Kier molecular flexibility index (Phi) is 5.24. The molecule has 0 spiro atoms. The Morgan fingerprint density at radius 2 is 2.08 bits per heavy atom. The summed E-state index contributed by atoms with van der Waals surface area (Å²) in [6.07, 6.45) is 7.71. The summed E-state index contributed by atoms with van der Waals surface area (Å²) in [6.45, 7) is 4.19. The van der Waals surface area contributed by atoms with Crippen molar-refractivity contribution in [2.45, 2.75) is 51.9 Å². The van der Waals surface area contributed by atoms with Crippen LogP contribution in [0.3, 0.4) is 0 Å². The average Bonchev–Trinajstić information content (AvgIpc) is 3.03. The van der Waals surface area contributed by atoms with Crippen molar-refractivity contribution < 1.29 is 9.53 Å². The van der Waals surface area contributed by atoms with Crippen molar-refractivity contribution >= 4 is 17.6 Å². The maximum absolute atomic E-state index is 12.2. The van der Waals surface area contributed by atoms with E-state index in [2.05, 4.69) is 4.98 Å². The van der Waals surface area contributed by atoms with Crippen LogP contribution in [0, 0.1) is 6.92 Å². The van der Waals surface area contributed by atoms with E-state index >= 15 is 0 Å². The van der Waals surface area contributed by atoms with Crippen LogP contribution in [0.4, 0.5) is 0 Å². The average molecular weight is 347 g/mol. The standard InChI is InChI=1S/C19H23ClN2O2/c1-3-24-19(23)16-12-22(17-11-15(20)10-9-13(17)2)18(21-16)14-7-5-4-6-8-14/h9-12,14H,3-8H2,1-2H3. The van der Waals surface area contributed by atoms with Gasteiger partial charge >= 0.3 is 5.97 Å². The van der Waals surface area contributed by atoms with Gasteiger partial charge in [0.15, 0.2) is 5.69 Å². The lowest BCUT2D eigenvalue weighted by Gasteiger charge is -2.22. The second-order valence-corrected chi connectivity index (χ2v) is 6.78. The Morgan fingerprint density at radius 3 is 2.79 bits per heavy atom. The molecule has 3 rings (SSSR count). The van der Waals surface area contributed by atoms with Gasteiger partial charge in [-0.25, -0.2) is 9.78 Å². The summed E-state index contributed by atoms with van der Waals surface area (Å²) in [4.78, 5) is 16.8. The first-order valence-electron chi connectivity index (χ1n) is 8.63. The van der Waals surface area contributed by atoms with E-state index in [9.17, 15) is 4.79 Å². The Bertz CT molecular complexity index is 733. The van der Waals surface area contributed by atoms with Gasteiger partial charge in [0.1, 0.15) is 5.82 Å². The first kappa shape index (κ1) is 17.0. The minimum absolute atomic E-state index is 0.348. The number of nitrogens with zero attached hydrogens (tertiary/aromatic N) is 2. The second-order valence-electron chi connectivity index (χ2n) is 6.34. The van der Waals surface area contributed by atoms with Gasteiger partial charge in [-0.2, -0.15) is 0 Å². The van der Waals surface area contributed by atoms with Gasteiger partial charge in [-0.05, 0) is 44.4 Å². The van der Waals surface area contributed by atoms with Crippen molar-refractivity contribution in [1.29, 1.82) is 0 Å². The van der Waals surface area contributed by atoms with E-state index in [1.54, 1.807) is 13.1 Å². The van der Waals surface area contributed by atoms with E-state index < -0.39 is 0 Å². The molecule has 2 aromatic rings. The number of aromatic nitrogens is 2. The molecule has 1 heterocycles. The van der Waals surface area contributed by atoms with Gasteiger partial charge in [0, 0.05) is 17.1 Å². The van der Waals surface area contributed by atoms with Gasteiger partial charge in [-0.1, -0.05) is 36.9 Å². The van der Waals surface area contributed by atoms with Crippen molar-refractivity contribution in [3.63, 3.8) is 0 Å². The molecule has 0 amide bonds. The monoisotopic (exact) mass is 346 g/mol. The zero-order valence-corrected chi connectivity index (χ0v) is 15.0. The molecule has 1 aliphatic carbocycles. The molecule has 128 valence electrons. The third-order valence-corrected chi connectivity index (χ3v) is 4.85. The van der Waals surface area contributed by atoms with Crippen LogP contribution in [0.2, 0.25) is 5.02 Å². The van der Waals surface area contributed by atoms with E-state index in [-0.39, 0.29) is 5.97 Å². The van der Waals surface area contributed by atoms with Crippen LogP contribution in [0.25, 0.3) is 5.69 Å².